The first kappa shape index (κ1) is 13.2. The normalized spacial score (nSPS) is 22.5. The van der Waals surface area contributed by atoms with Gasteiger partial charge in [0.25, 0.3) is 5.69 Å². The van der Waals surface area contributed by atoms with Crippen LogP contribution in [0.3, 0.4) is 0 Å². The summed E-state index contributed by atoms with van der Waals surface area (Å²) in [5.74, 6) is 0.411. The second-order valence-corrected chi connectivity index (χ2v) is 4.59. The minimum absolute atomic E-state index is 0.170. The highest BCUT2D eigenvalue weighted by Crippen LogP contribution is 2.21. The van der Waals surface area contributed by atoms with Crippen molar-refractivity contribution in [1.82, 2.24) is 10.3 Å². The number of nitro groups is 1. The molecular formula is C12H15N5O2. The van der Waals surface area contributed by atoms with Crippen molar-refractivity contribution in [3.8, 4) is 6.07 Å². The third-order valence-corrected chi connectivity index (χ3v) is 3.29. The highest BCUT2D eigenvalue weighted by atomic mass is 16.6. The highest BCUT2D eigenvalue weighted by molar-refractivity contribution is 5.56. The molecule has 7 heteroatoms. The second kappa shape index (κ2) is 5.63. The van der Waals surface area contributed by atoms with Crippen LogP contribution < -0.4 is 10.6 Å². The zero-order valence-corrected chi connectivity index (χ0v) is 10.6. The molecule has 0 aliphatic carbocycles. The summed E-state index contributed by atoms with van der Waals surface area (Å²) in [5, 5.41) is 26.2. The van der Waals surface area contributed by atoms with E-state index in [1.165, 1.54) is 12.3 Å². The fourth-order valence-corrected chi connectivity index (χ4v) is 2.17. The number of rotatable bonds is 3. The Bertz CT molecular complexity index is 525. The van der Waals surface area contributed by atoms with Crippen LogP contribution >= 0.6 is 0 Å². The maximum Gasteiger partial charge on any atom is 0.289 e. The van der Waals surface area contributed by atoms with E-state index >= 15 is 0 Å². The lowest BCUT2D eigenvalue weighted by molar-refractivity contribution is -0.385. The van der Waals surface area contributed by atoms with E-state index in [1.54, 1.807) is 0 Å². The van der Waals surface area contributed by atoms with Crippen LogP contribution in [0, 0.1) is 21.4 Å². The van der Waals surface area contributed by atoms with Gasteiger partial charge in [0.1, 0.15) is 23.6 Å². The van der Waals surface area contributed by atoms with Crippen LogP contribution in [0.15, 0.2) is 12.3 Å². The average molecular weight is 261 g/mol. The molecule has 2 unspecified atom stereocenters. The van der Waals surface area contributed by atoms with Gasteiger partial charge in [0.15, 0.2) is 0 Å². The first-order valence-electron chi connectivity index (χ1n) is 6.16. The number of anilines is 1. The van der Waals surface area contributed by atoms with Crippen LogP contribution in [-0.2, 0) is 0 Å². The molecule has 2 N–H and O–H groups in total. The van der Waals surface area contributed by atoms with Crippen LogP contribution in [0.1, 0.15) is 25.3 Å². The van der Waals surface area contributed by atoms with Crippen molar-refractivity contribution in [3.05, 3.63) is 27.9 Å². The van der Waals surface area contributed by atoms with Crippen molar-refractivity contribution >= 4 is 11.5 Å². The zero-order chi connectivity index (χ0) is 13.8. The lowest BCUT2D eigenvalue weighted by Gasteiger charge is -2.31. The Morgan fingerprint density at radius 2 is 2.47 bits per heavy atom. The monoisotopic (exact) mass is 261 g/mol. The number of piperidine rings is 1. The van der Waals surface area contributed by atoms with Gasteiger partial charge in [-0.3, -0.25) is 10.1 Å². The molecule has 1 aromatic rings. The molecule has 1 fully saturated rings. The third-order valence-electron chi connectivity index (χ3n) is 3.29. The van der Waals surface area contributed by atoms with Gasteiger partial charge in [0.05, 0.1) is 4.92 Å². The first-order valence-corrected chi connectivity index (χ1v) is 6.16. The molecule has 2 heterocycles. The lowest BCUT2D eigenvalue weighted by Crippen LogP contribution is -2.46. The number of aromatic nitrogens is 1. The van der Waals surface area contributed by atoms with Crippen molar-refractivity contribution < 1.29 is 4.92 Å². The van der Waals surface area contributed by atoms with Crippen molar-refractivity contribution in [2.24, 2.45) is 0 Å². The van der Waals surface area contributed by atoms with E-state index in [0.29, 0.717) is 5.82 Å². The Balaban J connectivity index is 2.20. The summed E-state index contributed by atoms with van der Waals surface area (Å²) in [6.07, 6.45) is 3.21. The van der Waals surface area contributed by atoms with Gasteiger partial charge >= 0.3 is 0 Å². The van der Waals surface area contributed by atoms with Gasteiger partial charge in [0, 0.05) is 18.2 Å². The average Bonchev–Trinajstić information content (AvgIpc) is 2.41. The summed E-state index contributed by atoms with van der Waals surface area (Å²) in [6.45, 7) is 3.05. The highest BCUT2D eigenvalue weighted by Gasteiger charge is 2.22. The van der Waals surface area contributed by atoms with E-state index < -0.39 is 4.92 Å². The van der Waals surface area contributed by atoms with Crippen LogP contribution in [0.4, 0.5) is 11.5 Å². The van der Waals surface area contributed by atoms with Gasteiger partial charge in [-0.15, -0.1) is 0 Å². The zero-order valence-electron chi connectivity index (χ0n) is 10.6. The van der Waals surface area contributed by atoms with Crippen LogP contribution in [0.25, 0.3) is 0 Å². The molecule has 0 amide bonds. The van der Waals surface area contributed by atoms with Gasteiger partial charge in [-0.2, -0.15) is 5.26 Å². The van der Waals surface area contributed by atoms with E-state index in [-0.39, 0.29) is 23.3 Å². The quantitative estimate of drug-likeness (QED) is 0.629. The Hall–Kier alpha value is -2.20. The molecule has 0 saturated carbocycles. The Kier molecular flexibility index (Phi) is 3.92. The summed E-state index contributed by atoms with van der Waals surface area (Å²) in [7, 11) is 0. The number of pyridine rings is 1. The first-order chi connectivity index (χ1) is 9.11. The van der Waals surface area contributed by atoms with Gasteiger partial charge in [0.2, 0.25) is 0 Å². The summed E-state index contributed by atoms with van der Waals surface area (Å²) in [6, 6.07) is 3.64. The third kappa shape index (κ3) is 2.98. The van der Waals surface area contributed by atoms with Gasteiger partial charge < -0.3 is 10.6 Å². The summed E-state index contributed by atoms with van der Waals surface area (Å²) >= 11 is 0. The molecule has 100 valence electrons. The van der Waals surface area contributed by atoms with Crippen molar-refractivity contribution in [3.63, 3.8) is 0 Å². The van der Waals surface area contributed by atoms with Crippen LogP contribution in [-0.4, -0.2) is 28.5 Å². The van der Waals surface area contributed by atoms with E-state index in [9.17, 15) is 10.1 Å². The predicted molar refractivity (Wildman–Crippen MR) is 69.7 cm³/mol. The fourth-order valence-electron chi connectivity index (χ4n) is 2.17. The predicted octanol–water partition coefficient (Wildman–Crippen LogP) is 1.41. The Morgan fingerprint density at radius 1 is 1.68 bits per heavy atom. The molecule has 1 saturated heterocycles. The minimum Gasteiger partial charge on any atom is -0.365 e. The van der Waals surface area contributed by atoms with E-state index in [1.807, 2.05) is 6.07 Å². The largest absolute Gasteiger partial charge is 0.365 e. The number of nitrogens with one attached hydrogen (secondary N) is 2. The smallest absolute Gasteiger partial charge is 0.289 e. The number of hydrogen-bond acceptors (Lipinski definition) is 6. The van der Waals surface area contributed by atoms with Crippen molar-refractivity contribution in [2.75, 3.05) is 11.9 Å². The molecule has 0 radical (unpaired) electrons. The standard InChI is InChI=1S/C12H15N5O2/c1-8-11(3-2-4-14-8)16-12-9(6-13)5-10(7-15-12)17(18)19/h5,7-8,11,14H,2-4H2,1H3,(H,15,16). The molecule has 19 heavy (non-hydrogen) atoms. The molecule has 7 nitrogen and oxygen atoms in total. The van der Waals surface area contributed by atoms with Gasteiger partial charge in [-0.25, -0.2) is 4.98 Å². The fraction of sp³-hybridized carbons (Fsp3) is 0.500. The Labute approximate surface area is 110 Å². The van der Waals surface area contributed by atoms with Crippen LogP contribution in [0.5, 0.6) is 0 Å². The molecule has 2 rings (SSSR count). The van der Waals surface area contributed by atoms with Crippen LogP contribution in [0.2, 0.25) is 0 Å². The number of nitriles is 1. The van der Waals surface area contributed by atoms with Gasteiger partial charge in [-0.05, 0) is 26.3 Å². The molecule has 0 spiro atoms. The summed E-state index contributed by atoms with van der Waals surface area (Å²) in [5.41, 5.74) is 0.0314. The molecule has 0 aromatic carbocycles. The maximum absolute atomic E-state index is 10.6. The second-order valence-electron chi connectivity index (χ2n) is 4.59. The molecule has 1 aliphatic heterocycles. The molecule has 1 aliphatic rings. The summed E-state index contributed by atoms with van der Waals surface area (Å²) in [4.78, 5) is 14.1. The molecular weight excluding hydrogens is 246 g/mol. The molecule has 1 aromatic heterocycles. The number of nitrogens with zero attached hydrogens (tertiary/aromatic N) is 3. The number of hydrogen-bond donors (Lipinski definition) is 2. The maximum atomic E-state index is 10.6. The SMILES string of the molecule is CC1NCCCC1Nc1ncc([N+](=O)[O-])cc1C#N. The van der Waals surface area contributed by atoms with Crippen molar-refractivity contribution in [1.29, 1.82) is 5.26 Å². The topological polar surface area (TPSA) is 104 Å². The van der Waals surface area contributed by atoms with E-state index in [4.69, 9.17) is 5.26 Å². The summed E-state index contributed by atoms with van der Waals surface area (Å²) < 4.78 is 0. The van der Waals surface area contributed by atoms with E-state index in [0.717, 1.165) is 19.4 Å². The van der Waals surface area contributed by atoms with Gasteiger partial charge in [-0.1, -0.05) is 0 Å². The molecule has 0 bridgehead atoms. The lowest BCUT2D eigenvalue weighted by atomic mass is 10.00. The van der Waals surface area contributed by atoms with E-state index in [2.05, 4.69) is 22.5 Å². The van der Waals surface area contributed by atoms with Crippen molar-refractivity contribution in [2.45, 2.75) is 31.8 Å². The minimum atomic E-state index is -0.553. The Morgan fingerprint density at radius 3 is 3.11 bits per heavy atom. The molecule has 2 atom stereocenters.